The zero-order valence-corrected chi connectivity index (χ0v) is 23.9. The van der Waals surface area contributed by atoms with Gasteiger partial charge in [-0.2, -0.15) is 0 Å². The van der Waals surface area contributed by atoms with Crippen molar-refractivity contribution in [1.29, 1.82) is 0 Å². The third-order valence-corrected chi connectivity index (χ3v) is 8.85. The number of carboxylic acids is 1. The van der Waals surface area contributed by atoms with Gasteiger partial charge < -0.3 is 19.1 Å². The van der Waals surface area contributed by atoms with Crippen LogP contribution in [0.1, 0.15) is 81.6 Å². The predicted octanol–water partition coefficient (Wildman–Crippen LogP) is 7.87. The Hall–Kier alpha value is -2.61. The largest absolute Gasteiger partial charge is 0.481 e. The van der Waals surface area contributed by atoms with E-state index in [0.717, 1.165) is 56.3 Å². The molecule has 9 heteroatoms. The Labute approximate surface area is 238 Å². The second kappa shape index (κ2) is 11.5. The molecule has 0 radical (unpaired) electrons. The molecule has 1 N–H and O–H groups in total. The number of pyridine rings is 1. The van der Waals surface area contributed by atoms with Gasteiger partial charge in [0.2, 0.25) is 5.88 Å². The molecule has 39 heavy (non-hydrogen) atoms. The lowest BCUT2D eigenvalue weighted by molar-refractivity contribution is -0.136. The van der Waals surface area contributed by atoms with Crippen LogP contribution in [0.2, 0.25) is 10.0 Å². The second-order valence-electron chi connectivity index (χ2n) is 11.2. The maximum Gasteiger partial charge on any atom is 0.307 e. The van der Waals surface area contributed by atoms with E-state index in [1.165, 1.54) is 0 Å². The Balaban J connectivity index is 1.25. The number of hydrogen-bond donors (Lipinski definition) is 1. The summed E-state index contributed by atoms with van der Waals surface area (Å²) in [7, 11) is 0. The standard InChI is InChI=1S/C30H34Cl2N2O5/c1-3-30(12-10-29(2,11-13-30)18-37-24-15-19(9-14-33-24)16-25(35)36)38-17-21-27(34-39-28(21)20-7-8-20)26-22(31)5-4-6-23(26)32/h4-6,9,14-15,20H,3,7-8,10-13,16-18H2,1-2H3,(H,35,36). The highest BCUT2D eigenvalue weighted by atomic mass is 35.5. The number of aromatic nitrogens is 2. The van der Waals surface area contributed by atoms with Gasteiger partial charge in [0.1, 0.15) is 11.5 Å². The van der Waals surface area contributed by atoms with E-state index in [2.05, 4.69) is 24.0 Å². The van der Waals surface area contributed by atoms with Crippen molar-refractivity contribution in [3.63, 3.8) is 0 Å². The monoisotopic (exact) mass is 572 g/mol. The number of ether oxygens (including phenoxy) is 2. The Morgan fingerprint density at radius 2 is 1.87 bits per heavy atom. The van der Waals surface area contributed by atoms with Crippen LogP contribution in [0.5, 0.6) is 5.88 Å². The fourth-order valence-electron chi connectivity index (χ4n) is 5.39. The van der Waals surface area contributed by atoms with Gasteiger partial charge >= 0.3 is 5.97 Å². The summed E-state index contributed by atoms with van der Waals surface area (Å²) in [6, 6.07) is 8.86. The van der Waals surface area contributed by atoms with Crippen molar-refractivity contribution >= 4 is 29.2 Å². The fraction of sp³-hybridized carbons (Fsp3) is 0.500. The van der Waals surface area contributed by atoms with E-state index in [1.54, 1.807) is 18.3 Å². The van der Waals surface area contributed by atoms with Crippen LogP contribution in [-0.4, -0.2) is 33.4 Å². The summed E-state index contributed by atoms with van der Waals surface area (Å²) in [6.07, 6.45) is 8.31. The summed E-state index contributed by atoms with van der Waals surface area (Å²) >= 11 is 13.1. The summed E-state index contributed by atoms with van der Waals surface area (Å²) in [4.78, 5) is 15.3. The van der Waals surface area contributed by atoms with Crippen LogP contribution < -0.4 is 4.74 Å². The van der Waals surface area contributed by atoms with Crippen LogP contribution in [0, 0.1) is 5.41 Å². The van der Waals surface area contributed by atoms with Crippen molar-refractivity contribution in [3.05, 3.63) is 63.5 Å². The molecule has 2 heterocycles. The molecule has 0 atom stereocenters. The molecule has 2 aliphatic rings. The zero-order chi connectivity index (χ0) is 27.6. The molecule has 0 amide bonds. The van der Waals surface area contributed by atoms with Gasteiger partial charge in [-0.15, -0.1) is 0 Å². The highest BCUT2D eigenvalue weighted by Gasteiger charge is 2.42. The minimum absolute atomic E-state index is 0.0286. The number of rotatable bonds is 11. The van der Waals surface area contributed by atoms with E-state index in [4.69, 9.17) is 42.3 Å². The topological polar surface area (TPSA) is 94.7 Å². The highest BCUT2D eigenvalue weighted by Crippen LogP contribution is 2.48. The molecule has 2 aliphatic carbocycles. The number of carboxylic acid groups (broad SMARTS) is 1. The summed E-state index contributed by atoms with van der Waals surface area (Å²) in [5.41, 5.74) is 2.71. The van der Waals surface area contributed by atoms with Gasteiger partial charge in [0, 0.05) is 34.7 Å². The van der Waals surface area contributed by atoms with Crippen LogP contribution in [0.4, 0.5) is 0 Å². The summed E-state index contributed by atoms with van der Waals surface area (Å²) in [5, 5.41) is 14.5. The quantitative estimate of drug-likeness (QED) is 0.249. The third kappa shape index (κ3) is 6.42. The number of aliphatic carboxylic acids is 1. The summed E-state index contributed by atoms with van der Waals surface area (Å²) in [6.45, 7) is 5.32. The Bertz CT molecular complexity index is 1310. The first kappa shape index (κ1) is 27.9. The van der Waals surface area contributed by atoms with Gasteiger partial charge in [-0.25, -0.2) is 4.98 Å². The summed E-state index contributed by atoms with van der Waals surface area (Å²) in [5.74, 6) is 0.848. The van der Waals surface area contributed by atoms with E-state index < -0.39 is 5.97 Å². The molecule has 0 spiro atoms. The number of halogens is 2. The smallest absolute Gasteiger partial charge is 0.307 e. The first-order chi connectivity index (χ1) is 18.7. The van der Waals surface area contributed by atoms with Crippen molar-refractivity contribution < 1.29 is 23.9 Å². The fourth-order valence-corrected chi connectivity index (χ4v) is 5.97. The molecule has 0 aliphatic heterocycles. The number of nitrogens with zero attached hydrogens (tertiary/aromatic N) is 2. The third-order valence-electron chi connectivity index (χ3n) is 8.22. The van der Waals surface area contributed by atoms with Gasteiger partial charge in [0.25, 0.3) is 0 Å². The van der Waals surface area contributed by atoms with Crippen LogP contribution in [0.3, 0.4) is 0 Å². The maximum absolute atomic E-state index is 11.0. The highest BCUT2D eigenvalue weighted by molar-refractivity contribution is 6.39. The molecule has 0 saturated heterocycles. The molecule has 0 unspecified atom stereocenters. The number of benzene rings is 1. The van der Waals surface area contributed by atoms with Gasteiger partial charge in [-0.1, -0.05) is 48.3 Å². The Morgan fingerprint density at radius 3 is 2.51 bits per heavy atom. The van der Waals surface area contributed by atoms with E-state index >= 15 is 0 Å². The van der Waals surface area contributed by atoms with Gasteiger partial charge in [0.15, 0.2) is 0 Å². The van der Waals surface area contributed by atoms with Crippen molar-refractivity contribution in [2.24, 2.45) is 5.41 Å². The lowest BCUT2D eigenvalue weighted by atomic mass is 9.69. The Kier molecular flexibility index (Phi) is 8.22. The zero-order valence-electron chi connectivity index (χ0n) is 22.3. The minimum Gasteiger partial charge on any atom is -0.481 e. The molecule has 5 rings (SSSR count). The number of hydrogen-bond acceptors (Lipinski definition) is 6. The molecule has 7 nitrogen and oxygen atoms in total. The molecule has 0 bridgehead atoms. The SMILES string of the molecule is CCC1(OCc2c(-c3c(Cl)cccc3Cl)noc2C2CC2)CCC(C)(COc2cc(CC(=O)O)ccn2)CC1. The number of carbonyl (C=O) groups is 1. The van der Waals surface area contributed by atoms with Crippen molar-refractivity contribution in [2.75, 3.05) is 6.61 Å². The average molecular weight is 574 g/mol. The molecule has 3 aromatic rings. The lowest BCUT2D eigenvalue weighted by Crippen LogP contribution is -2.42. The Morgan fingerprint density at radius 1 is 1.15 bits per heavy atom. The first-order valence-corrected chi connectivity index (χ1v) is 14.3. The molecular weight excluding hydrogens is 539 g/mol. The van der Waals surface area contributed by atoms with Gasteiger partial charge in [-0.3, -0.25) is 4.79 Å². The molecular formula is C30H34Cl2N2O5. The molecule has 2 aromatic heterocycles. The predicted molar refractivity (Wildman–Crippen MR) is 149 cm³/mol. The first-order valence-electron chi connectivity index (χ1n) is 13.6. The van der Waals surface area contributed by atoms with Crippen molar-refractivity contribution in [3.8, 4) is 17.1 Å². The second-order valence-corrected chi connectivity index (χ2v) is 12.1. The van der Waals surface area contributed by atoms with Crippen LogP contribution in [0.15, 0.2) is 41.1 Å². The van der Waals surface area contributed by atoms with Gasteiger partial charge in [0.05, 0.1) is 35.3 Å². The minimum atomic E-state index is -0.875. The van der Waals surface area contributed by atoms with Crippen LogP contribution in [-0.2, 0) is 22.6 Å². The van der Waals surface area contributed by atoms with Crippen LogP contribution in [0.25, 0.3) is 11.3 Å². The maximum atomic E-state index is 11.0. The van der Waals surface area contributed by atoms with E-state index in [-0.39, 0.29) is 17.4 Å². The van der Waals surface area contributed by atoms with Gasteiger partial charge in [-0.05, 0) is 68.7 Å². The molecule has 2 saturated carbocycles. The summed E-state index contributed by atoms with van der Waals surface area (Å²) < 4.78 is 18.6. The van der Waals surface area contributed by atoms with E-state index in [0.29, 0.717) is 51.9 Å². The normalized spacial score (nSPS) is 23.1. The van der Waals surface area contributed by atoms with Crippen molar-refractivity contribution in [2.45, 2.75) is 83.3 Å². The molecule has 208 valence electrons. The average Bonchev–Trinajstić information content (AvgIpc) is 3.68. The lowest BCUT2D eigenvalue weighted by Gasteiger charge is -2.44. The molecule has 1 aromatic carbocycles. The van der Waals surface area contributed by atoms with Crippen LogP contribution >= 0.6 is 23.2 Å². The molecule has 2 fully saturated rings. The van der Waals surface area contributed by atoms with E-state index in [9.17, 15) is 4.79 Å². The van der Waals surface area contributed by atoms with E-state index in [1.807, 2.05) is 18.2 Å². The van der Waals surface area contributed by atoms with Crippen molar-refractivity contribution in [1.82, 2.24) is 10.1 Å².